The molecule has 0 radical (unpaired) electrons. The molecule has 0 amide bonds. The van der Waals surface area contributed by atoms with E-state index in [1.807, 2.05) is 30.8 Å². The summed E-state index contributed by atoms with van der Waals surface area (Å²) in [4.78, 5) is 0. The van der Waals surface area contributed by atoms with Gasteiger partial charge < -0.3 is 4.57 Å². The standard InChI is InChI=1S/C10H13N/c1-5-10-9(8(2)3)6-7-11(10)4/h5-7H,1-2H2,3-4H3. The molecular weight excluding hydrogens is 134 g/mol. The van der Waals surface area contributed by atoms with E-state index in [2.05, 4.69) is 19.2 Å². The molecule has 0 N–H and O–H groups in total. The minimum absolute atomic E-state index is 1.08. The van der Waals surface area contributed by atoms with Gasteiger partial charge in [-0.15, -0.1) is 0 Å². The molecular formula is C10H13N. The van der Waals surface area contributed by atoms with E-state index in [0.29, 0.717) is 0 Å². The second kappa shape index (κ2) is 2.79. The molecule has 1 heterocycles. The maximum absolute atomic E-state index is 3.89. The SMILES string of the molecule is C=Cc1c(C(=C)C)ccn1C. The van der Waals surface area contributed by atoms with E-state index in [1.165, 1.54) is 5.56 Å². The topological polar surface area (TPSA) is 4.93 Å². The second-order valence-corrected chi connectivity index (χ2v) is 2.71. The summed E-state index contributed by atoms with van der Waals surface area (Å²) in [6, 6.07) is 2.05. The summed E-state index contributed by atoms with van der Waals surface area (Å²) in [5.74, 6) is 0. The second-order valence-electron chi connectivity index (χ2n) is 2.71. The molecule has 0 spiro atoms. The lowest BCUT2D eigenvalue weighted by Gasteiger charge is -2.00. The number of aryl methyl sites for hydroxylation is 1. The van der Waals surface area contributed by atoms with Crippen LogP contribution in [0.1, 0.15) is 18.2 Å². The molecule has 0 saturated heterocycles. The van der Waals surface area contributed by atoms with Gasteiger partial charge >= 0.3 is 0 Å². The lowest BCUT2D eigenvalue weighted by Crippen LogP contribution is -1.89. The van der Waals surface area contributed by atoms with E-state index < -0.39 is 0 Å². The van der Waals surface area contributed by atoms with Gasteiger partial charge in [0.25, 0.3) is 0 Å². The van der Waals surface area contributed by atoms with Crippen LogP contribution in [-0.4, -0.2) is 4.57 Å². The Hall–Kier alpha value is -1.24. The van der Waals surface area contributed by atoms with Crippen LogP contribution in [0.3, 0.4) is 0 Å². The molecule has 1 rings (SSSR count). The van der Waals surface area contributed by atoms with Gasteiger partial charge in [0.15, 0.2) is 0 Å². The number of hydrogen-bond acceptors (Lipinski definition) is 0. The average Bonchev–Trinajstić information content (AvgIpc) is 2.30. The highest BCUT2D eigenvalue weighted by Gasteiger charge is 2.02. The van der Waals surface area contributed by atoms with Crippen molar-refractivity contribution in [2.75, 3.05) is 0 Å². The van der Waals surface area contributed by atoms with Crippen molar-refractivity contribution in [1.29, 1.82) is 0 Å². The van der Waals surface area contributed by atoms with Crippen LogP contribution in [0.2, 0.25) is 0 Å². The smallest absolute Gasteiger partial charge is 0.0474 e. The molecule has 0 aliphatic carbocycles. The Morgan fingerprint density at radius 2 is 2.27 bits per heavy atom. The fraction of sp³-hybridized carbons (Fsp3) is 0.200. The summed E-state index contributed by atoms with van der Waals surface area (Å²) in [5, 5.41) is 0. The van der Waals surface area contributed by atoms with E-state index in [4.69, 9.17) is 0 Å². The minimum atomic E-state index is 1.08. The predicted molar refractivity (Wildman–Crippen MR) is 50.2 cm³/mol. The fourth-order valence-corrected chi connectivity index (χ4v) is 1.16. The van der Waals surface area contributed by atoms with Gasteiger partial charge in [0.2, 0.25) is 0 Å². The molecule has 11 heavy (non-hydrogen) atoms. The quantitative estimate of drug-likeness (QED) is 0.606. The summed E-state index contributed by atoms with van der Waals surface area (Å²) >= 11 is 0. The molecule has 0 bridgehead atoms. The first kappa shape index (κ1) is 7.86. The van der Waals surface area contributed by atoms with E-state index in [0.717, 1.165) is 11.3 Å². The molecule has 58 valence electrons. The molecule has 1 aromatic rings. The Bertz CT molecular complexity index is 292. The first-order valence-corrected chi connectivity index (χ1v) is 3.60. The Labute approximate surface area is 67.7 Å². The van der Waals surface area contributed by atoms with Crippen LogP contribution < -0.4 is 0 Å². The molecule has 0 aliphatic rings. The molecule has 0 atom stereocenters. The van der Waals surface area contributed by atoms with Crippen molar-refractivity contribution in [2.24, 2.45) is 7.05 Å². The first-order chi connectivity index (χ1) is 5.16. The number of aromatic nitrogens is 1. The van der Waals surface area contributed by atoms with Crippen LogP contribution in [0.5, 0.6) is 0 Å². The van der Waals surface area contributed by atoms with Crippen molar-refractivity contribution in [2.45, 2.75) is 6.92 Å². The van der Waals surface area contributed by atoms with Gasteiger partial charge in [-0.25, -0.2) is 0 Å². The zero-order chi connectivity index (χ0) is 8.43. The lowest BCUT2D eigenvalue weighted by atomic mass is 10.1. The summed E-state index contributed by atoms with van der Waals surface area (Å²) in [5.41, 5.74) is 3.40. The summed E-state index contributed by atoms with van der Waals surface area (Å²) in [7, 11) is 2.00. The van der Waals surface area contributed by atoms with Crippen molar-refractivity contribution < 1.29 is 0 Å². The molecule has 0 fully saturated rings. The van der Waals surface area contributed by atoms with E-state index >= 15 is 0 Å². The van der Waals surface area contributed by atoms with Crippen molar-refractivity contribution >= 4 is 11.6 Å². The van der Waals surface area contributed by atoms with Crippen LogP contribution in [0.15, 0.2) is 25.4 Å². The molecule has 0 aromatic carbocycles. The van der Waals surface area contributed by atoms with Gasteiger partial charge in [0.1, 0.15) is 0 Å². The summed E-state index contributed by atoms with van der Waals surface area (Å²) in [6.45, 7) is 9.63. The van der Waals surface area contributed by atoms with Crippen molar-refractivity contribution in [3.8, 4) is 0 Å². The predicted octanol–water partition coefficient (Wildman–Crippen LogP) is 2.70. The molecule has 0 unspecified atom stereocenters. The van der Waals surface area contributed by atoms with Crippen LogP contribution in [-0.2, 0) is 7.05 Å². The molecule has 0 saturated carbocycles. The average molecular weight is 147 g/mol. The Balaban J connectivity index is 3.26. The van der Waals surface area contributed by atoms with Crippen LogP contribution in [0.25, 0.3) is 11.6 Å². The van der Waals surface area contributed by atoms with Gasteiger partial charge in [-0.2, -0.15) is 0 Å². The molecule has 1 aromatic heterocycles. The number of allylic oxidation sites excluding steroid dienone is 1. The Kier molecular flexibility index (Phi) is 1.99. The third kappa shape index (κ3) is 1.27. The van der Waals surface area contributed by atoms with Crippen molar-refractivity contribution in [1.82, 2.24) is 4.57 Å². The Morgan fingerprint density at radius 3 is 2.64 bits per heavy atom. The van der Waals surface area contributed by atoms with Gasteiger partial charge in [-0.1, -0.05) is 13.2 Å². The van der Waals surface area contributed by atoms with Gasteiger partial charge in [0, 0.05) is 24.5 Å². The third-order valence-corrected chi connectivity index (χ3v) is 1.77. The summed E-state index contributed by atoms with van der Waals surface area (Å²) in [6.07, 6.45) is 3.87. The van der Waals surface area contributed by atoms with E-state index in [1.54, 1.807) is 0 Å². The molecule has 0 aliphatic heterocycles. The fourth-order valence-electron chi connectivity index (χ4n) is 1.16. The van der Waals surface area contributed by atoms with E-state index in [-0.39, 0.29) is 0 Å². The van der Waals surface area contributed by atoms with Crippen LogP contribution in [0, 0.1) is 0 Å². The summed E-state index contributed by atoms with van der Waals surface area (Å²) < 4.78 is 2.04. The first-order valence-electron chi connectivity index (χ1n) is 3.60. The van der Waals surface area contributed by atoms with E-state index in [9.17, 15) is 0 Å². The highest BCUT2D eigenvalue weighted by Crippen LogP contribution is 2.18. The maximum Gasteiger partial charge on any atom is 0.0474 e. The maximum atomic E-state index is 3.89. The molecule has 1 heteroatoms. The van der Waals surface area contributed by atoms with Crippen LogP contribution in [0.4, 0.5) is 0 Å². The number of rotatable bonds is 2. The largest absolute Gasteiger partial charge is 0.351 e. The van der Waals surface area contributed by atoms with Gasteiger partial charge in [0.05, 0.1) is 0 Å². The van der Waals surface area contributed by atoms with Crippen molar-refractivity contribution in [3.63, 3.8) is 0 Å². The zero-order valence-corrected chi connectivity index (χ0v) is 7.09. The number of hydrogen-bond donors (Lipinski definition) is 0. The minimum Gasteiger partial charge on any atom is -0.351 e. The monoisotopic (exact) mass is 147 g/mol. The van der Waals surface area contributed by atoms with Crippen molar-refractivity contribution in [3.05, 3.63) is 36.7 Å². The molecule has 1 nitrogen and oxygen atoms in total. The highest BCUT2D eigenvalue weighted by molar-refractivity contribution is 5.70. The zero-order valence-electron chi connectivity index (χ0n) is 7.09. The highest BCUT2D eigenvalue weighted by atomic mass is 14.9. The lowest BCUT2D eigenvalue weighted by molar-refractivity contribution is 0.914. The third-order valence-electron chi connectivity index (χ3n) is 1.77. The van der Waals surface area contributed by atoms with Crippen LogP contribution >= 0.6 is 0 Å². The van der Waals surface area contributed by atoms with Gasteiger partial charge in [-0.05, 0) is 24.6 Å². The Morgan fingerprint density at radius 1 is 1.64 bits per heavy atom. The van der Waals surface area contributed by atoms with Gasteiger partial charge in [-0.3, -0.25) is 0 Å². The normalized spacial score (nSPS) is 9.64. The number of nitrogens with zero attached hydrogens (tertiary/aromatic N) is 1.